The highest BCUT2D eigenvalue weighted by Crippen LogP contribution is 2.24. The van der Waals surface area contributed by atoms with Crippen LogP contribution in [0.3, 0.4) is 0 Å². The summed E-state index contributed by atoms with van der Waals surface area (Å²) in [4.78, 5) is 23.1. The highest BCUT2D eigenvalue weighted by Gasteiger charge is 2.27. The Morgan fingerprint density at radius 1 is 1.29 bits per heavy atom. The second-order valence-electron chi connectivity index (χ2n) is 6.88. The van der Waals surface area contributed by atoms with Crippen LogP contribution in [0.1, 0.15) is 49.6 Å². The van der Waals surface area contributed by atoms with E-state index in [0.29, 0.717) is 12.8 Å². The van der Waals surface area contributed by atoms with E-state index in [1.807, 2.05) is 32.5 Å². The molecule has 2 rings (SSSR count). The molecule has 1 fully saturated rings. The monoisotopic (exact) mass is 336 g/mol. The van der Waals surface area contributed by atoms with Gasteiger partial charge in [-0.25, -0.2) is 4.79 Å². The first-order valence-corrected chi connectivity index (χ1v) is 8.56. The van der Waals surface area contributed by atoms with Gasteiger partial charge in [-0.1, -0.05) is 0 Å². The van der Waals surface area contributed by atoms with Gasteiger partial charge in [0, 0.05) is 24.8 Å². The van der Waals surface area contributed by atoms with Gasteiger partial charge in [0.2, 0.25) is 0 Å². The van der Waals surface area contributed by atoms with Gasteiger partial charge in [0.15, 0.2) is 0 Å². The molecule has 2 amide bonds. The number of carboxylic acid groups (broad SMARTS) is 1. The van der Waals surface area contributed by atoms with E-state index in [9.17, 15) is 9.59 Å². The molecular formula is C17H28N4O3. The second kappa shape index (κ2) is 7.68. The van der Waals surface area contributed by atoms with Crippen LogP contribution in [0.4, 0.5) is 4.79 Å². The quantitative estimate of drug-likeness (QED) is 0.765. The molecule has 1 atom stereocenters. The highest BCUT2D eigenvalue weighted by molar-refractivity contribution is 5.74. The minimum absolute atomic E-state index is 0.00181. The third-order valence-corrected chi connectivity index (χ3v) is 4.96. The van der Waals surface area contributed by atoms with Gasteiger partial charge >= 0.3 is 12.0 Å². The lowest BCUT2D eigenvalue weighted by Crippen LogP contribution is -2.47. The Kier molecular flexibility index (Phi) is 5.85. The molecule has 7 heteroatoms. The molecule has 0 aliphatic heterocycles. The van der Waals surface area contributed by atoms with Crippen LogP contribution in [0.2, 0.25) is 0 Å². The molecule has 0 radical (unpaired) electrons. The van der Waals surface area contributed by atoms with Crippen molar-refractivity contribution in [2.24, 2.45) is 13.0 Å². The second-order valence-corrected chi connectivity index (χ2v) is 6.88. The van der Waals surface area contributed by atoms with E-state index in [1.165, 1.54) is 5.56 Å². The molecule has 1 aromatic heterocycles. The van der Waals surface area contributed by atoms with Crippen molar-refractivity contribution >= 4 is 12.0 Å². The van der Waals surface area contributed by atoms with Crippen molar-refractivity contribution in [3.8, 4) is 0 Å². The third kappa shape index (κ3) is 4.49. The molecule has 1 aliphatic carbocycles. The number of carboxylic acids is 1. The van der Waals surface area contributed by atoms with E-state index >= 15 is 0 Å². The first kappa shape index (κ1) is 18.3. The van der Waals surface area contributed by atoms with Gasteiger partial charge in [-0.3, -0.25) is 9.48 Å². The van der Waals surface area contributed by atoms with Crippen molar-refractivity contribution in [3.05, 3.63) is 17.0 Å². The van der Waals surface area contributed by atoms with Crippen LogP contribution in [0.15, 0.2) is 0 Å². The lowest BCUT2D eigenvalue weighted by molar-refractivity contribution is -0.142. The van der Waals surface area contributed by atoms with Crippen molar-refractivity contribution in [2.75, 3.05) is 0 Å². The number of hydrogen-bond donors (Lipinski definition) is 3. The summed E-state index contributed by atoms with van der Waals surface area (Å²) in [5.74, 6) is -0.990. The Balaban J connectivity index is 1.79. The van der Waals surface area contributed by atoms with E-state index in [2.05, 4.69) is 15.7 Å². The Labute approximate surface area is 142 Å². The fourth-order valence-electron chi connectivity index (χ4n) is 3.41. The van der Waals surface area contributed by atoms with Gasteiger partial charge in [-0.2, -0.15) is 5.10 Å². The maximum atomic E-state index is 12.1. The van der Waals surface area contributed by atoms with Crippen molar-refractivity contribution < 1.29 is 14.7 Å². The van der Waals surface area contributed by atoms with Crippen molar-refractivity contribution in [1.29, 1.82) is 0 Å². The van der Waals surface area contributed by atoms with Crippen LogP contribution in [-0.2, 0) is 18.3 Å². The van der Waals surface area contributed by atoms with Gasteiger partial charge in [0.25, 0.3) is 0 Å². The van der Waals surface area contributed by atoms with Gasteiger partial charge in [0.1, 0.15) is 0 Å². The predicted octanol–water partition coefficient (Wildman–Crippen LogP) is 1.91. The minimum Gasteiger partial charge on any atom is -0.481 e. The summed E-state index contributed by atoms with van der Waals surface area (Å²) in [6, 6.07) is -0.114. The summed E-state index contributed by atoms with van der Waals surface area (Å²) >= 11 is 0. The van der Waals surface area contributed by atoms with Crippen molar-refractivity contribution in [1.82, 2.24) is 20.4 Å². The topological polar surface area (TPSA) is 96.3 Å². The average Bonchev–Trinajstić information content (AvgIpc) is 2.74. The highest BCUT2D eigenvalue weighted by atomic mass is 16.4. The number of amides is 2. The van der Waals surface area contributed by atoms with Crippen LogP contribution in [0.5, 0.6) is 0 Å². The van der Waals surface area contributed by atoms with Crippen LogP contribution >= 0.6 is 0 Å². The van der Waals surface area contributed by atoms with E-state index in [0.717, 1.165) is 30.7 Å². The van der Waals surface area contributed by atoms with Gasteiger partial charge < -0.3 is 15.7 Å². The predicted molar refractivity (Wildman–Crippen MR) is 90.9 cm³/mol. The molecule has 0 aromatic carbocycles. The largest absolute Gasteiger partial charge is 0.481 e. The Morgan fingerprint density at radius 2 is 1.92 bits per heavy atom. The lowest BCUT2D eigenvalue weighted by Gasteiger charge is -2.27. The maximum absolute atomic E-state index is 12.1. The van der Waals surface area contributed by atoms with Crippen LogP contribution < -0.4 is 10.6 Å². The smallest absolute Gasteiger partial charge is 0.315 e. The molecule has 7 nitrogen and oxygen atoms in total. The Morgan fingerprint density at radius 3 is 2.42 bits per heavy atom. The standard InChI is InChI=1S/C17H28N4O3/c1-10(9-15-11(2)20-21(4)12(15)3)18-17(24)19-14-7-5-13(6-8-14)16(22)23/h10,13-14H,5-9H2,1-4H3,(H,22,23)(H2,18,19,24). The van der Waals surface area contributed by atoms with E-state index in [-0.39, 0.29) is 24.0 Å². The van der Waals surface area contributed by atoms with Gasteiger partial charge in [0.05, 0.1) is 11.6 Å². The zero-order valence-electron chi connectivity index (χ0n) is 14.9. The third-order valence-electron chi connectivity index (χ3n) is 4.96. The number of aromatic nitrogens is 2. The molecular weight excluding hydrogens is 308 g/mol. The molecule has 134 valence electrons. The SMILES string of the molecule is Cc1nn(C)c(C)c1CC(C)NC(=O)NC1CCC(C(=O)O)CC1. The summed E-state index contributed by atoms with van der Waals surface area (Å²) in [7, 11) is 1.92. The summed E-state index contributed by atoms with van der Waals surface area (Å²) in [6.07, 6.45) is 3.44. The number of urea groups is 1. The normalized spacial score (nSPS) is 22.0. The first-order valence-electron chi connectivity index (χ1n) is 8.56. The number of aliphatic carboxylic acids is 1. The molecule has 1 aromatic rings. The number of nitrogens with zero attached hydrogens (tertiary/aromatic N) is 2. The molecule has 0 saturated heterocycles. The molecule has 3 N–H and O–H groups in total. The number of carbonyl (C=O) groups is 2. The molecule has 1 unspecified atom stereocenters. The number of nitrogens with one attached hydrogen (secondary N) is 2. The van der Waals surface area contributed by atoms with Crippen molar-refractivity contribution in [3.63, 3.8) is 0 Å². The molecule has 0 bridgehead atoms. The van der Waals surface area contributed by atoms with Crippen LogP contribution in [0, 0.1) is 19.8 Å². The minimum atomic E-state index is -0.728. The number of hydrogen-bond acceptors (Lipinski definition) is 3. The lowest BCUT2D eigenvalue weighted by atomic mass is 9.86. The summed E-state index contributed by atoms with van der Waals surface area (Å²) in [5, 5.41) is 19.3. The van der Waals surface area contributed by atoms with Crippen LogP contribution in [0.25, 0.3) is 0 Å². The Bertz CT molecular complexity index is 603. The van der Waals surface area contributed by atoms with Gasteiger partial charge in [-0.15, -0.1) is 0 Å². The fraction of sp³-hybridized carbons (Fsp3) is 0.706. The van der Waals surface area contributed by atoms with E-state index in [1.54, 1.807) is 0 Å². The maximum Gasteiger partial charge on any atom is 0.315 e. The zero-order valence-corrected chi connectivity index (χ0v) is 14.9. The van der Waals surface area contributed by atoms with E-state index in [4.69, 9.17) is 5.11 Å². The molecule has 1 heterocycles. The molecule has 0 spiro atoms. The molecule has 1 aliphatic rings. The summed E-state index contributed by atoms with van der Waals surface area (Å²) in [6.45, 7) is 5.99. The first-order chi connectivity index (χ1) is 11.3. The molecule has 1 saturated carbocycles. The number of carbonyl (C=O) groups excluding carboxylic acids is 1. The average molecular weight is 336 g/mol. The van der Waals surface area contributed by atoms with Crippen LogP contribution in [-0.4, -0.2) is 39.0 Å². The van der Waals surface area contributed by atoms with Gasteiger partial charge in [-0.05, 0) is 58.4 Å². The van der Waals surface area contributed by atoms with E-state index < -0.39 is 5.97 Å². The number of rotatable bonds is 5. The zero-order chi connectivity index (χ0) is 17.9. The summed E-state index contributed by atoms with van der Waals surface area (Å²) in [5.41, 5.74) is 3.29. The van der Waals surface area contributed by atoms with Crippen molar-refractivity contribution in [2.45, 2.75) is 65.0 Å². The summed E-state index contributed by atoms with van der Waals surface area (Å²) < 4.78 is 1.86. The Hall–Kier alpha value is -2.05. The molecule has 24 heavy (non-hydrogen) atoms. The number of aryl methyl sites for hydroxylation is 2. The fourth-order valence-corrected chi connectivity index (χ4v) is 3.41.